The van der Waals surface area contributed by atoms with Crippen LogP contribution in [0.3, 0.4) is 0 Å². The molecule has 1 aromatic carbocycles. The monoisotopic (exact) mass is 405 g/mol. The summed E-state index contributed by atoms with van der Waals surface area (Å²) in [6.07, 6.45) is 3.56. The molecular weight excluding hydrogens is 385 g/mol. The molecule has 0 aliphatic carbocycles. The highest BCUT2D eigenvalue weighted by Gasteiger charge is 2.35. The van der Waals surface area contributed by atoms with Gasteiger partial charge in [0.1, 0.15) is 6.04 Å². The average Bonchev–Trinajstić information content (AvgIpc) is 3.07. The number of carbonyl (C=O) groups is 2. The van der Waals surface area contributed by atoms with Crippen LogP contribution < -0.4 is 10.6 Å². The highest BCUT2D eigenvalue weighted by molar-refractivity contribution is 6.42. The lowest BCUT2D eigenvalue weighted by atomic mass is 10.1. The van der Waals surface area contributed by atoms with E-state index in [2.05, 4.69) is 10.6 Å². The average molecular weight is 407 g/mol. The maximum absolute atomic E-state index is 12.7. The maximum Gasteiger partial charge on any atom is 0.254 e. The first kappa shape index (κ1) is 20.3. The minimum absolute atomic E-state index is 0. The Morgan fingerprint density at radius 3 is 2.64 bits per heavy atom. The molecule has 0 aromatic heterocycles. The van der Waals surface area contributed by atoms with Crippen molar-refractivity contribution in [3.05, 3.63) is 33.8 Å². The van der Waals surface area contributed by atoms with Gasteiger partial charge < -0.3 is 15.5 Å². The standard InChI is InChI=1S/C17H21Cl2N3O2.ClH/c18-13-6-5-11(9-14(13)19)17(24)22-8-2-4-15(22)16(23)21-12-3-1-7-20-10-12;/h5-6,9,12,15,20H,1-4,7-8,10H2,(H,21,23);1H. The molecule has 2 aliphatic heterocycles. The second kappa shape index (κ2) is 9.08. The van der Waals surface area contributed by atoms with Gasteiger partial charge in [-0.25, -0.2) is 0 Å². The lowest BCUT2D eigenvalue weighted by Crippen LogP contribution is -2.52. The summed E-state index contributed by atoms with van der Waals surface area (Å²) in [7, 11) is 0. The minimum Gasteiger partial charge on any atom is -0.350 e. The topological polar surface area (TPSA) is 61.4 Å². The second-order valence-corrected chi connectivity index (χ2v) is 7.15. The van der Waals surface area contributed by atoms with Gasteiger partial charge in [0.2, 0.25) is 5.91 Å². The molecule has 2 atom stereocenters. The minimum atomic E-state index is -0.408. The van der Waals surface area contributed by atoms with Crippen LogP contribution in [0.5, 0.6) is 0 Å². The summed E-state index contributed by atoms with van der Waals surface area (Å²) in [5.74, 6) is -0.234. The number of hydrogen-bond acceptors (Lipinski definition) is 3. The summed E-state index contributed by atoms with van der Waals surface area (Å²) in [6.45, 7) is 2.37. The van der Waals surface area contributed by atoms with Gasteiger partial charge in [-0.15, -0.1) is 12.4 Å². The third-order valence-electron chi connectivity index (χ3n) is 4.63. The van der Waals surface area contributed by atoms with E-state index in [0.717, 1.165) is 32.4 Å². The van der Waals surface area contributed by atoms with Crippen LogP contribution in [0.25, 0.3) is 0 Å². The van der Waals surface area contributed by atoms with Gasteiger partial charge in [-0.1, -0.05) is 23.2 Å². The number of nitrogens with one attached hydrogen (secondary N) is 2. The van der Waals surface area contributed by atoms with Crippen molar-refractivity contribution in [1.29, 1.82) is 0 Å². The molecule has 2 heterocycles. The smallest absolute Gasteiger partial charge is 0.254 e. The molecular formula is C17H22Cl3N3O2. The van der Waals surface area contributed by atoms with E-state index in [1.54, 1.807) is 23.1 Å². The molecule has 0 radical (unpaired) electrons. The largest absolute Gasteiger partial charge is 0.350 e. The number of carbonyl (C=O) groups excluding carboxylic acids is 2. The van der Waals surface area contributed by atoms with E-state index in [9.17, 15) is 9.59 Å². The molecule has 3 rings (SSSR count). The number of benzene rings is 1. The van der Waals surface area contributed by atoms with Gasteiger partial charge in [0, 0.05) is 24.7 Å². The Labute approximate surface area is 163 Å². The normalized spacial score (nSPS) is 23.0. The van der Waals surface area contributed by atoms with Gasteiger partial charge in [-0.05, 0) is 50.4 Å². The fraction of sp³-hybridized carbons (Fsp3) is 0.529. The molecule has 2 amide bonds. The lowest BCUT2D eigenvalue weighted by Gasteiger charge is -2.28. The molecule has 1 aromatic rings. The van der Waals surface area contributed by atoms with E-state index in [4.69, 9.17) is 23.2 Å². The molecule has 0 bridgehead atoms. The summed E-state index contributed by atoms with van der Waals surface area (Å²) in [6, 6.07) is 4.55. The van der Waals surface area contributed by atoms with Crippen molar-refractivity contribution in [3.63, 3.8) is 0 Å². The highest BCUT2D eigenvalue weighted by atomic mass is 35.5. The molecule has 0 spiro atoms. The Hall–Kier alpha value is -1.01. The van der Waals surface area contributed by atoms with Crippen LogP contribution in [-0.2, 0) is 4.79 Å². The fourth-order valence-electron chi connectivity index (χ4n) is 3.35. The fourth-order valence-corrected chi connectivity index (χ4v) is 3.65. The van der Waals surface area contributed by atoms with E-state index in [-0.39, 0.29) is 30.3 Å². The second-order valence-electron chi connectivity index (χ2n) is 6.34. The first-order valence-electron chi connectivity index (χ1n) is 8.33. The predicted molar refractivity (Wildman–Crippen MR) is 102 cm³/mol. The Kier molecular flexibility index (Phi) is 7.37. The predicted octanol–water partition coefficient (Wildman–Crippen LogP) is 2.89. The number of nitrogens with zero attached hydrogens (tertiary/aromatic N) is 1. The lowest BCUT2D eigenvalue weighted by molar-refractivity contribution is -0.125. The number of hydrogen-bond donors (Lipinski definition) is 2. The summed E-state index contributed by atoms with van der Waals surface area (Å²) in [4.78, 5) is 27.0. The van der Waals surface area contributed by atoms with Crippen molar-refractivity contribution in [2.75, 3.05) is 19.6 Å². The van der Waals surface area contributed by atoms with Crippen LogP contribution in [0.15, 0.2) is 18.2 Å². The first-order valence-corrected chi connectivity index (χ1v) is 9.09. The Bertz CT molecular complexity index is 636. The van der Waals surface area contributed by atoms with Crippen LogP contribution in [0.4, 0.5) is 0 Å². The van der Waals surface area contributed by atoms with Gasteiger partial charge in [0.25, 0.3) is 5.91 Å². The van der Waals surface area contributed by atoms with Crippen LogP contribution in [0.1, 0.15) is 36.0 Å². The number of rotatable bonds is 3. The summed E-state index contributed by atoms with van der Waals surface area (Å²) in [5.41, 5.74) is 0.462. The van der Waals surface area contributed by atoms with E-state index >= 15 is 0 Å². The van der Waals surface area contributed by atoms with Gasteiger partial charge in [-0.3, -0.25) is 9.59 Å². The quantitative estimate of drug-likeness (QED) is 0.811. The van der Waals surface area contributed by atoms with Gasteiger partial charge in [-0.2, -0.15) is 0 Å². The molecule has 2 N–H and O–H groups in total. The van der Waals surface area contributed by atoms with Crippen molar-refractivity contribution < 1.29 is 9.59 Å². The van der Waals surface area contributed by atoms with E-state index < -0.39 is 6.04 Å². The maximum atomic E-state index is 12.7. The Morgan fingerprint density at radius 2 is 1.96 bits per heavy atom. The van der Waals surface area contributed by atoms with Gasteiger partial charge in [0.15, 0.2) is 0 Å². The molecule has 2 unspecified atom stereocenters. The SMILES string of the molecule is Cl.O=C(NC1CCCNC1)C1CCCN1C(=O)c1ccc(Cl)c(Cl)c1. The highest BCUT2D eigenvalue weighted by Crippen LogP contribution is 2.26. The number of piperidine rings is 1. The van der Waals surface area contributed by atoms with Gasteiger partial charge >= 0.3 is 0 Å². The summed E-state index contributed by atoms with van der Waals surface area (Å²) < 4.78 is 0. The van der Waals surface area contributed by atoms with E-state index in [1.807, 2.05) is 0 Å². The van der Waals surface area contributed by atoms with E-state index in [0.29, 0.717) is 28.6 Å². The molecule has 25 heavy (non-hydrogen) atoms. The zero-order chi connectivity index (χ0) is 17.1. The molecule has 2 aliphatic rings. The number of halogens is 3. The summed E-state index contributed by atoms with van der Waals surface area (Å²) >= 11 is 11.9. The number of likely N-dealkylation sites (tertiary alicyclic amines) is 1. The Morgan fingerprint density at radius 1 is 1.16 bits per heavy atom. The molecule has 0 saturated carbocycles. The molecule has 2 saturated heterocycles. The van der Waals surface area contributed by atoms with Crippen LogP contribution in [0, 0.1) is 0 Å². The molecule has 8 heteroatoms. The first-order chi connectivity index (χ1) is 11.6. The summed E-state index contributed by atoms with van der Waals surface area (Å²) in [5, 5.41) is 7.11. The van der Waals surface area contributed by atoms with Crippen LogP contribution in [-0.4, -0.2) is 48.4 Å². The zero-order valence-electron chi connectivity index (χ0n) is 13.8. The van der Waals surface area contributed by atoms with Crippen molar-refractivity contribution in [2.45, 2.75) is 37.8 Å². The van der Waals surface area contributed by atoms with E-state index in [1.165, 1.54) is 0 Å². The van der Waals surface area contributed by atoms with Crippen LogP contribution >= 0.6 is 35.6 Å². The number of amides is 2. The third-order valence-corrected chi connectivity index (χ3v) is 5.37. The van der Waals surface area contributed by atoms with Crippen LogP contribution in [0.2, 0.25) is 10.0 Å². The van der Waals surface area contributed by atoms with Gasteiger partial charge in [0.05, 0.1) is 10.0 Å². The van der Waals surface area contributed by atoms with Crippen molar-refractivity contribution >= 4 is 47.4 Å². The van der Waals surface area contributed by atoms with Crippen molar-refractivity contribution in [2.24, 2.45) is 0 Å². The molecule has 138 valence electrons. The van der Waals surface area contributed by atoms with Crippen molar-refractivity contribution in [1.82, 2.24) is 15.5 Å². The molecule has 5 nitrogen and oxygen atoms in total. The Balaban J connectivity index is 0.00000225. The zero-order valence-corrected chi connectivity index (χ0v) is 16.1. The van der Waals surface area contributed by atoms with Crippen molar-refractivity contribution in [3.8, 4) is 0 Å². The molecule has 2 fully saturated rings. The third kappa shape index (κ3) is 4.79.